The van der Waals surface area contributed by atoms with Gasteiger partial charge < -0.3 is 14.8 Å². The predicted molar refractivity (Wildman–Crippen MR) is 76.7 cm³/mol. The molecule has 1 unspecified atom stereocenters. The molecule has 4 nitrogen and oxygen atoms in total. The molecule has 1 N–H and O–H groups in total. The van der Waals surface area contributed by atoms with Gasteiger partial charge in [-0.3, -0.25) is 4.79 Å². The number of carbonyl (C=O) groups is 2. The molecule has 0 bridgehead atoms. The Balaban J connectivity index is 1.92. The van der Waals surface area contributed by atoms with Crippen molar-refractivity contribution in [2.75, 3.05) is 6.54 Å². The van der Waals surface area contributed by atoms with Gasteiger partial charge in [0.1, 0.15) is 11.5 Å². The minimum atomic E-state index is -0.388. The fourth-order valence-electron chi connectivity index (χ4n) is 2.24. The van der Waals surface area contributed by atoms with Gasteiger partial charge in [-0.15, -0.1) is 0 Å². The lowest BCUT2D eigenvalue weighted by molar-refractivity contribution is -0.127. The number of hydrogen-bond acceptors (Lipinski definition) is 3. The summed E-state index contributed by atoms with van der Waals surface area (Å²) in [5.41, 5.74) is 1.11. The maximum absolute atomic E-state index is 11.8. The van der Waals surface area contributed by atoms with Crippen LogP contribution in [0.2, 0.25) is 0 Å². The minimum Gasteiger partial charge on any atom is -0.481 e. The summed E-state index contributed by atoms with van der Waals surface area (Å²) in [7, 11) is 0. The van der Waals surface area contributed by atoms with Gasteiger partial charge in [-0.2, -0.15) is 0 Å². The van der Waals surface area contributed by atoms with E-state index < -0.39 is 0 Å². The van der Waals surface area contributed by atoms with E-state index in [1.165, 1.54) is 0 Å². The van der Waals surface area contributed by atoms with E-state index in [0.717, 1.165) is 37.8 Å². The van der Waals surface area contributed by atoms with Gasteiger partial charge in [0, 0.05) is 13.0 Å². The second-order valence-corrected chi connectivity index (χ2v) is 5.24. The van der Waals surface area contributed by atoms with E-state index in [0.29, 0.717) is 12.2 Å². The first-order chi connectivity index (χ1) is 9.65. The Kier molecular flexibility index (Phi) is 5.16. The smallest absolute Gasteiger partial charge is 0.261 e. The Bertz CT molecular complexity index is 467. The SMILES string of the molecule is CC(=O)CCc1ccc(OC2CCCCNC2=O)cc1. The van der Waals surface area contributed by atoms with Crippen LogP contribution in [0.5, 0.6) is 5.75 Å². The van der Waals surface area contributed by atoms with E-state index in [1.807, 2.05) is 24.3 Å². The van der Waals surface area contributed by atoms with Crippen LogP contribution in [0, 0.1) is 0 Å². The topological polar surface area (TPSA) is 55.4 Å². The monoisotopic (exact) mass is 275 g/mol. The second-order valence-electron chi connectivity index (χ2n) is 5.24. The standard InChI is InChI=1S/C16H21NO3/c1-12(18)5-6-13-7-9-14(10-8-13)20-15-4-2-3-11-17-16(15)19/h7-10,15H,2-6,11H2,1H3,(H,17,19). The van der Waals surface area contributed by atoms with Crippen LogP contribution in [0.3, 0.4) is 0 Å². The summed E-state index contributed by atoms with van der Waals surface area (Å²) in [6, 6.07) is 7.64. The van der Waals surface area contributed by atoms with Gasteiger partial charge in [0.25, 0.3) is 5.91 Å². The number of Topliss-reactive ketones (excluding diaryl/α,β-unsaturated/α-hetero) is 1. The highest BCUT2D eigenvalue weighted by Gasteiger charge is 2.22. The molecule has 0 radical (unpaired) electrons. The first-order valence-electron chi connectivity index (χ1n) is 7.18. The third-order valence-electron chi connectivity index (χ3n) is 3.45. The van der Waals surface area contributed by atoms with Crippen LogP contribution in [0.1, 0.15) is 38.2 Å². The second kappa shape index (κ2) is 7.08. The van der Waals surface area contributed by atoms with Crippen LogP contribution in [0.15, 0.2) is 24.3 Å². The molecule has 2 rings (SSSR count). The lowest BCUT2D eigenvalue weighted by Gasteiger charge is -2.16. The maximum atomic E-state index is 11.8. The molecule has 1 aliphatic heterocycles. The summed E-state index contributed by atoms with van der Waals surface area (Å²) in [5, 5.41) is 2.86. The Morgan fingerprint density at radius 1 is 1.30 bits per heavy atom. The molecule has 0 spiro atoms. The van der Waals surface area contributed by atoms with Gasteiger partial charge in [0.05, 0.1) is 0 Å². The van der Waals surface area contributed by atoms with Crippen molar-refractivity contribution in [2.24, 2.45) is 0 Å². The molecule has 1 fully saturated rings. The summed E-state index contributed by atoms with van der Waals surface area (Å²) in [4.78, 5) is 22.7. The molecule has 0 aromatic heterocycles. The van der Waals surface area contributed by atoms with Crippen molar-refractivity contribution in [3.05, 3.63) is 29.8 Å². The third kappa shape index (κ3) is 4.37. The molecule has 20 heavy (non-hydrogen) atoms. The van der Waals surface area contributed by atoms with E-state index >= 15 is 0 Å². The van der Waals surface area contributed by atoms with E-state index in [9.17, 15) is 9.59 Å². The summed E-state index contributed by atoms with van der Waals surface area (Å²) in [6.07, 6.45) is 3.69. The van der Waals surface area contributed by atoms with Crippen molar-refractivity contribution in [2.45, 2.75) is 45.1 Å². The number of amides is 1. The molecule has 1 aromatic carbocycles. The van der Waals surface area contributed by atoms with Crippen LogP contribution in [-0.4, -0.2) is 24.3 Å². The van der Waals surface area contributed by atoms with Gasteiger partial charge in [-0.25, -0.2) is 0 Å². The molecule has 0 saturated carbocycles. The highest BCUT2D eigenvalue weighted by molar-refractivity contribution is 5.81. The summed E-state index contributed by atoms with van der Waals surface area (Å²) < 4.78 is 5.75. The predicted octanol–water partition coefficient (Wildman–Crippen LogP) is 2.26. The number of rotatable bonds is 5. The van der Waals surface area contributed by atoms with Crippen LogP contribution < -0.4 is 10.1 Å². The Morgan fingerprint density at radius 2 is 2.05 bits per heavy atom. The highest BCUT2D eigenvalue weighted by Crippen LogP contribution is 2.18. The van der Waals surface area contributed by atoms with Gasteiger partial charge in [-0.05, 0) is 50.3 Å². The lowest BCUT2D eigenvalue weighted by atomic mass is 10.1. The van der Waals surface area contributed by atoms with Crippen molar-refractivity contribution in [3.63, 3.8) is 0 Å². The molecule has 1 atom stereocenters. The quantitative estimate of drug-likeness (QED) is 0.896. The molecule has 0 aliphatic carbocycles. The van der Waals surface area contributed by atoms with Crippen molar-refractivity contribution >= 4 is 11.7 Å². The number of carbonyl (C=O) groups excluding carboxylic acids is 2. The number of ether oxygens (including phenoxy) is 1. The van der Waals surface area contributed by atoms with Crippen LogP contribution >= 0.6 is 0 Å². The van der Waals surface area contributed by atoms with Crippen LogP contribution in [-0.2, 0) is 16.0 Å². The number of aryl methyl sites for hydroxylation is 1. The first-order valence-corrected chi connectivity index (χ1v) is 7.18. The van der Waals surface area contributed by atoms with Crippen LogP contribution in [0.4, 0.5) is 0 Å². The zero-order valence-electron chi connectivity index (χ0n) is 11.9. The Morgan fingerprint density at radius 3 is 2.75 bits per heavy atom. The first kappa shape index (κ1) is 14.6. The zero-order chi connectivity index (χ0) is 14.4. The molecule has 108 valence electrons. The van der Waals surface area contributed by atoms with Crippen LogP contribution in [0.25, 0.3) is 0 Å². The molecule has 4 heteroatoms. The number of ketones is 1. The fourth-order valence-corrected chi connectivity index (χ4v) is 2.24. The van der Waals surface area contributed by atoms with Gasteiger partial charge in [0.15, 0.2) is 6.10 Å². The van der Waals surface area contributed by atoms with Crippen molar-refractivity contribution in [1.82, 2.24) is 5.32 Å². The molecule has 1 aromatic rings. The zero-order valence-corrected chi connectivity index (χ0v) is 11.9. The van der Waals surface area contributed by atoms with E-state index in [-0.39, 0.29) is 17.8 Å². The van der Waals surface area contributed by atoms with Gasteiger partial charge in [0.2, 0.25) is 0 Å². The lowest BCUT2D eigenvalue weighted by Crippen LogP contribution is -2.36. The Labute approximate surface area is 119 Å². The van der Waals surface area contributed by atoms with Crippen molar-refractivity contribution < 1.29 is 14.3 Å². The largest absolute Gasteiger partial charge is 0.481 e. The molecule has 1 heterocycles. The Hall–Kier alpha value is -1.84. The van der Waals surface area contributed by atoms with Crippen molar-refractivity contribution in [3.8, 4) is 5.75 Å². The molecule has 1 aliphatic rings. The van der Waals surface area contributed by atoms with Crippen molar-refractivity contribution in [1.29, 1.82) is 0 Å². The molecular formula is C16H21NO3. The summed E-state index contributed by atoms with van der Waals surface area (Å²) in [5.74, 6) is 0.877. The highest BCUT2D eigenvalue weighted by atomic mass is 16.5. The molecular weight excluding hydrogens is 254 g/mol. The summed E-state index contributed by atoms with van der Waals surface area (Å²) >= 11 is 0. The van der Waals surface area contributed by atoms with E-state index in [1.54, 1.807) is 6.92 Å². The number of hydrogen-bond donors (Lipinski definition) is 1. The fraction of sp³-hybridized carbons (Fsp3) is 0.500. The van der Waals surface area contributed by atoms with Gasteiger partial charge in [-0.1, -0.05) is 12.1 Å². The number of benzene rings is 1. The maximum Gasteiger partial charge on any atom is 0.261 e. The third-order valence-corrected chi connectivity index (χ3v) is 3.45. The molecule has 1 saturated heterocycles. The normalized spacial score (nSPS) is 19.1. The van der Waals surface area contributed by atoms with E-state index in [2.05, 4.69) is 5.32 Å². The minimum absolute atomic E-state index is 0.0249. The van der Waals surface area contributed by atoms with Gasteiger partial charge >= 0.3 is 0 Å². The average Bonchev–Trinajstić information content (AvgIpc) is 2.63. The summed E-state index contributed by atoms with van der Waals surface area (Å²) in [6.45, 7) is 2.34. The molecule has 1 amide bonds. The number of nitrogens with one attached hydrogen (secondary N) is 1. The average molecular weight is 275 g/mol. The van der Waals surface area contributed by atoms with E-state index in [4.69, 9.17) is 4.74 Å².